The molecule has 0 saturated carbocycles. The van der Waals surface area contributed by atoms with Crippen LogP contribution in [0.2, 0.25) is 0 Å². The predicted molar refractivity (Wildman–Crippen MR) is 108 cm³/mol. The molecule has 0 saturated heterocycles. The number of ether oxygens (including phenoxy) is 1. The van der Waals surface area contributed by atoms with E-state index < -0.39 is 6.36 Å². The van der Waals surface area contributed by atoms with E-state index in [9.17, 15) is 13.2 Å². The van der Waals surface area contributed by atoms with Crippen molar-refractivity contribution in [1.82, 2.24) is 9.47 Å². The lowest BCUT2D eigenvalue weighted by Crippen LogP contribution is -2.33. The van der Waals surface area contributed by atoms with Crippen molar-refractivity contribution in [3.05, 3.63) is 65.0 Å². The van der Waals surface area contributed by atoms with Gasteiger partial charge < -0.3 is 9.30 Å². The SMILES string of the molecule is N=c1sc2cc(OC(F)(F)F)ccc2n1CCN1CC=C(c2ccccc2)CC1. The van der Waals surface area contributed by atoms with Gasteiger partial charge in [0, 0.05) is 26.2 Å². The second-order valence-corrected chi connectivity index (χ2v) is 7.91. The summed E-state index contributed by atoms with van der Waals surface area (Å²) in [6.45, 7) is 3.19. The second kappa shape index (κ2) is 8.04. The van der Waals surface area contributed by atoms with E-state index in [0.717, 1.165) is 42.9 Å². The summed E-state index contributed by atoms with van der Waals surface area (Å²) in [5, 5.41) is 8.20. The lowest BCUT2D eigenvalue weighted by Gasteiger charge is -2.26. The lowest BCUT2D eigenvalue weighted by atomic mass is 10.00. The van der Waals surface area contributed by atoms with Gasteiger partial charge in [0.2, 0.25) is 0 Å². The van der Waals surface area contributed by atoms with Gasteiger partial charge >= 0.3 is 6.36 Å². The van der Waals surface area contributed by atoms with E-state index >= 15 is 0 Å². The molecule has 0 unspecified atom stereocenters. The normalized spacial score (nSPS) is 15.5. The van der Waals surface area contributed by atoms with Crippen molar-refractivity contribution in [3.8, 4) is 5.75 Å². The number of rotatable bonds is 5. The second-order valence-electron chi connectivity index (χ2n) is 6.88. The third-order valence-corrected chi connectivity index (χ3v) is 5.95. The van der Waals surface area contributed by atoms with Crippen LogP contribution in [0.1, 0.15) is 12.0 Å². The number of hydrogen-bond donors (Lipinski definition) is 1. The monoisotopic (exact) mass is 419 g/mol. The van der Waals surface area contributed by atoms with Gasteiger partial charge in [0.25, 0.3) is 0 Å². The highest BCUT2D eigenvalue weighted by Gasteiger charge is 2.31. The molecule has 1 aliphatic rings. The Kier molecular flexibility index (Phi) is 5.47. The quantitative estimate of drug-likeness (QED) is 0.641. The molecule has 0 amide bonds. The fourth-order valence-corrected chi connectivity index (χ4v) is 4.52. The van der Waals surface area contributed by atoms with Crippen molar-refractivity contribution >= 4 is 27.1 Å². The summed E-state index contributed by atoms with van der Waals surface area (Å²) in [6, 6.07) is 14.6. The van der Waals surface area contributed by atoms with Gasteiger partial charge in [-0.15, -0.1) is 13.2 Å². The minimum absolute atomic E-state index is 0.256. The number of aromatic nitrogens is 1. The first-order chi connectivity index (χ1) is 13.9. The maximum absolute atomic E-state index is 12.4. The third-order valence-electron chi connectivity index (χ3n) is 4.99. The Morgan fingerprint density at radius 1 is 1.07 bits per heavy atom. The molecule has 29 heavy (non-hydrogen) atoms. The molecular formula is C21H20F3N3OS. The van der Waals surface area contributed by atoms with E-state index in [4.69, 9.17) is 5.41 Å². The third kappa shape index (κ3) is 4.71. The van der Waals surface area contributed by atoms with E-state index in [1.54, 1.807) is 6.07 Å². The highest BCUT2D eigenvalue weighted by molar-refractivity contribution is 7.16. The molecular weight excluding hydrogens is 399 g/mol. The number of thiazole rings is 1. The number of nitrogens with zero attached hydrogens (tertiary/aromatic N) is 2. The van der Waals surface area contributed by atoms with Crippen LogP contribution in [-0.2, 0) is 6.54 Å². The molecule has 0 atom stereocenters. The molecule has 0 fully saturated rings. The van der Waals surface area contributed by atoms with Gasteiger partial charge in [-0.2, -0.15) is 0 Å². The molecule has 4 rings (SSSR count). The van der Waals surface area contributed by atoms with Crippen molar-refractivity contribution in [2.75, 3.05) is 19.6 Å². The summed E-state index contributed by atoms with van der Waals surface area (Å²) in [7, 11) is 0. The van der Waals surface area contributed by atoms with Crippen LogP contribution in [0.5, 0.6) is 5.75 Å². The van der Waals surface area contributed by atoms with Crippen LogP contribution >= 0.6 is 11.3 Å². The van der Waals surface area contributed by atoms with Crippen molar-refractivity contribution < 1.29 is 17.9 Å². The van der Waals surface area contributed by atoms with Crippen LogP contribution in [0.3, 0.4) is 0 Å². The molecule has 2 heterocycles. The first-order valence-corrected chi connectivity index (χ1v) is 10.1. The van der Waals surface area contributed by atoms with Crippen molar-refractivity contribution in [1.29, 1.82) is 5.41 Å². The van der Waals surface area contributed by atoms with Crippen molar-refractivity contribution in [2.45, 2.75) is 19.3 Å². The summed E-state index contributed by atoms with van der Waals surface area (Å²) < 4.78 is 43.7. The maximum atomic E-state index is 12.4. The van der Waals surface area contributed by atoms with Crippen LogP contribution < -0.4 is 9.54 Å². The highest BCUT2D eigenvalue weighted by Crippen LogP contribution is 2.28. The molecule has 4 nitrogen and oxygen atoms in total. The van der Waals surface area contributed by atoms with Crippen molar-refractivity contribution in [3.63, 3.8) is 0 Å². The zero-order valence-corrected chi connectivity index (χ0v) is 16.4. The summed E-state index contributed by atoms with van der Waals surface area (Å²) in [4.78, 5) is 2.64. The molecule has 0 radical (unpaired) electrons. The predicted octanol–water partition coefficient (Wildman–Crippen LogP) is 4.87. The fraction of sp³-hybridized carbons (Fsp3) is 0.286. The van der Waals surface area contributed by atoms with Gasteiger partial charge in [0.15, 0.2) is 4.80 Å². The van der Waals surface area contributed by atoms with Gasteiger partial charge in [-0.05, 0) is 35.8 Å². The Hall–Kier alpha value is -2.58. The Morgan fingerprint density at radius 3 is 2.55 bits per heavy atom. The van der Waals surface area contributed by atoms with E-state index in [0.29, 0.717) is 16.0 Å². The minimum atomic E-state index is -4.72. The summed E-state index contributed by atoms with van der Waals surface area (Å²) in [6.07, 6.45) is -1.49. The molecule has 0 bridgehead atoms. The molecule has 3 aromatic rings. The average molecular weight is 419 g/mol. The summed E-state index contributed by atoms with van der Waals surface area (Å²) in [5.41, 5.74) is 3.37. The fourth-order valence-electron chi connectivity index (χ4n) is 3.56. The van der Waals surface area contributed by atoms with Gasteiger partial charge in [-0.1, -0.05) is 47.7 Å². The molecule has 0 aliphatic carbocycles. The summed E-state index contributed by atoms with van der Waals surface area (Å²) >= 11 is 1.16. The lowest BCUT2D eigenvalue weighted by molar-refractivity contribution is -0.274. The van der Waals surface area contributed by atoms with Gasteiger partial charge in [0.1, 0.15) is 5.75 Å². The van der Waals surface area contributed by atoms with Crippen LogP contribution in [0.4, 0.5) is 13.2 Å². The molecule has 1 aromatic heterocycles. The van der Waals surface area contributed by atoms with Gasteiger partial charge in [0.05, 0.1) is 10.2 Å². The minimum Gasteiger partial charge on any atom is -0.406 e. The number of alkyl halides is 3. The first-order valence-electron chi connectivity index (χ1n) is 9.29. The van der Waals surface area contributed by atoms with Crippen LogP contribution in [0.25, 0.3) is 15.8 Å². The smallest absolute Gasteiger partial charge is 0.406 e. The Balaban J connectivity index is 1.43. The molecule has 2 aromatic carbocycles. The van der Waals surface area contributed by atoms with Gasteiger partial charge in [-0.3, -0.25) is 10.3 Å². The average Bonchev–Trinajstić information content (AvgIpc) is 3.00. The highest BCUT2D eigenvalue weighted by atomic mass is 32.1. The zero-order valence-electron chi connectivity index (χ0n) is 15.6. The first kappa shape index (κ1) is 19.7. The van der Waals surface area contributed by atoms with Crippen LogP contribution in [0.15, 0.2) is 54.6 Å². The van der Waals surface area contributed by atoms with E-state index in [1.807, 2.05) is 22.8 Å². The maximum Gasteiger partial charge on any atom is 0.573 e. The van der Waals surface area contributed by atoms with E-state index in [2.05, 4.69) is 27.8 Å². The number of nitrogens with one attached hydrogen (secondary N) is 1. The molecule has 0 spiro atoms. The molecule has 8 heteroatoms. The number of benzene rings is 2. The van der Waals surface area contributed by atoms with E-state index in [1.165, 1.54) is 23.3 Å². The van der Waals surface area contributed by atoms with E-state index in [-0.39, 0.29) is 5.75 Å². The van der Waals surface area contributed by atoms with Crippen molar-refractivity contribution in [2.24, 2.45) is 0 Å². The number of fused-ring (bicyclic) bond motifs is 1. The Labute approximate surface area is 170 Å². The van der Waals surface area contributed by atoms with Crippen LogP contribution in [-0.4, -0.2) is 35.5 Å². The summed E-state index contributed by atoms with van der Waals surface area (Å²) in [5.74, 6) is -0.256. The Morgan fingerprint density at radius 2 is 1.86 bits per heavy atom. The Bertz CT molecular complexity index is 1090. The number of hydrogen-bond acceptors (Lipinski definition) is 4. The topological polar surface area (TPSA) is 41.2 Å². The largest absolute Gasteiger partial charge is 0.573 e. The van der Waals surface area contributed by atoms with Crippen LogP contribution in [0, 0.1) is 5.41 Å². The molecule has 152 valence electrons. The molecule has 1 N–H and O–H groups in total. The zero-order chi connectivity index (χ0) is 20.4. The standard InChI is InChI=1S/C21H20F3N3OS/c22-21(23,24)28-17-6-7-18-19(14-17)29-20(25)27(18)13-12-26-10-8-16(9-11-26)15-4-2-1-3-5-15/h1-8,14,25H,9-13H2. The number of halogens is 3. The molecule has 1 aliphatic heterocycles. The van der Waals surface area contributed by atoms with Gasteiger partial charge in [-0.25, -0.2) is 0 Å².